The lowest BCUT2D eigenvalue weighted by Gasteiger charge is -2.36. The maximum atomic E-state index is 2.79. The Hall–Kier alpha value is -6.03. The van der Waals surface area contributed by atoms with Crippen LogP contribution in [0, 0.1) is 0 Å². The molecule has 2 nitrogen and oxygen atoms in total. The Bertz CT molecular complexity index is 3710. The Morgan fingerprint density at radius 1 is 0.302 bits per heavy atom. The van der Waals surface area contributed by atoms with E-state index in [0.717, 1.165) is 0 Å². The summed E-state index contributed by atoms with van der Waals surface area (Å²) in [5.74, 6) is 0. The van der Waals surface area contributed by atoms with Gasteiger partial charge in [0.1, 0.15) is 0 Å². The van der Waals surface area contributed by atoms with Crippen LogP contribution in [0.3, 0.4) is 0 Å². The second kappa shape index (κ2) is 26.4. The Labute approximate surface area is 528 Å². The number of anilines is 6. The minimum atomic E-state index is -1.32. The van der Waals surface area contributed by atoms with Gasteiger partial charge in [0.15, 0.2) is 0 Å². The van der Waals surface area contributed by atoms with Gasteiger partial charge in [-0.05, 0) is 127 Å². The second-order valence-corrected chi connectivity index (χ2v) is 42.6. The molecule has 86 heavy (non-hydrogen) atoms. The summed E-state index contributed by atoms with van der Waals surface area (Å²) in [5, 5.41) is 11.4. The number of fused-ring (bicyclic) bond motifs is 2. The minimum Gasteiger partial charge on any atom is -0.309 e. The van der Waals surface area contributed by atoms with Crippen molar-refractivity contribution in [3.63, 3.8) is 0 Å². The number of hydrogen-bond acceptors (Lipinski definition) is 2. The largest absolute Gasteiger partial charge is 0.309 e. The van der Waals surface area contributed by atoms with Crippen molar-refractivity contribution in [3.05, 3.63) is 192 Å². The van der Waals surface area contributed by atoms with Crippen molar-refractivity contribution in [2.24, 2.45) is 0 Å². The highest BCUT2D eigenvalue weighted by atomic mass is 28.3. The fourth-order valence-corrected chi connectivity index (χ4v) is 22.2. The first-order chi connectivity index (χ1) is 40.8. The van der Waals surface area contributed by atoms with Crippen LogP contribution < -0.4 is 30.5 Å². The van der Waals surface area contributed by atoms with Crippen molar-refractivity contribution in [1.82, 2.24) is 0 Å². The molecule has 0 spiro atoms. The third-order valence-corrected chi connectivity index (χ3v) is 30.2. The first-order valence-corrected chi connectivity index (χ1v) is 41.5. The number of hydrogen-bond donors (Lipinski definition) is 0. The Kier molecular flexibility index (Phi) is 19.7. The predicted octanol–water partition coefficient (Wildman–Crippen LogP) is 20.1. The summed E-state index contributed by atoms with van der Waals surface area (Å²) in [4.78, 5) is 5.57. The SMILES string of the molecule is CC[SiH2]c1cc(N(c2cc(C(C)(C)C)cc(C(C)(C)C)c2)c2c3ccc(-c4ccccc4)cc3c(N(c3cc([SiH](CC)CC)cc([SiH](CC)CC)c3)c3cc(C(C)(C)C)cc(C(C)(C)C)c3)c3ccc(-c4ccccc4)cc23)cc([SiH](CC)CC)c1. The van der Waals surface area contributed by atoms with Crippen molar-refractivity contribution >= 4 is 112 Å². The zero-order valence-electron chi connectivity index (χ0n) is 56.4. The van der Waals surface area contributed by atoms with Crippen LogP contribution in [0.5, 0.6) is 0 Å². The molecular weight excluding hydrogens is 1100 g/mol. The highest BCUT2D eigenvalue weighted by molar-refractivity contribution is 6.76. The van der Waals surface area contributed by atoms with Crippen LogP contribution >= 0.6 is 0 Å². The minimum absolute atomic E-state index is 0.0957. The summed E-state index contributed by atoms with van der Waals surface area (Å²) < 4.78 is 0. The topological polar surface area (TPSA) is 6.48 Å². The molecule has 0 aliphatic heterocycles. The number of rotatable bonds is 19. The quantitative estimate of drug-likeness (QED) is 0.0452. The maximum absolute atomic E-state index is 2.79. The molecule has 9 aromatic carbocycles. The molecule has 0 amide bonds. The molecule has 0 heterocycles. The maximum Gasteiger partial charge on any atom is 0.0703 e. The van der Waals surface area contributed by atoms with Crippen molar-refractivity contribution in [2.45, 2.75) is 196 Å². The van der Waals surface area contributed by atoms with Crippen LogP contribution in [-0.4, -0.2) is 35.9 Å². The molecule has 0 N–H and O–H groups in total. The van der Waals surface area contributed by atoms with Crippen LogP contribution in [0.25, 0.3) is 43.8 Å². The first-order valence-electron chi connectivity index (χ1n) is 33.2. The van der Waals surface area contributed by atoms with Gasteiger partial charge >= 0.3 is 0 Å². The molecule has 0 atom stereocenters. The van der Waals surface area contributed by atoms with Gasteiger partial charge in [0.25, 0.3) is 0 Å². The molecule has 9 rings (SSSR count). The van der Waals surface area contributed by atoms with Crippen LogP contribution in [0.1, 0.15) is 154 Å². The Morgan fingerprint density at radius 3 is 0.930 bits per heavy atom. The van der Waals surface area contributed by atoms with E-state index in [0.29, 0.717) is 0 Å². The average molecular weight is 1210 g/mol. The Balaban J connectivity index is 1.60. The fourth-order valence-electron chi connectivity index (χ4n) is 13.4. The summed E-state index contributed by atoms with van der Waals surface area (Å²) in [5.41, 5.74) is 17.5. The summed E-state index contributed by atoms with van der Waals surface area (Å²) in [6.45, 7) is 45.9. The highest BCUT2D eigenvalue weighted by Gasteiger charge is 2.32. The molecule has 0 saturated heterocycles. The third-order valence-electron chi connectivity index (χ3n) is 18.9. The van der Waals surface area contributed by atoms with E-state index in [-0.39, 0.29) is 21.7 Å². The van der Waals surface area contributed by atoms with E-state index in [4.69, 9.17) is 0 Å². The van der Waals surface area contributed by atoms with E-state index in [9.17, 15) is 0 Å². The highest BCUT2D eigenvalue weighted by Crippen LogP contribution is 2.54. The lowest BCUT2D eigenvalue weighted by Crippen LogP contribution is -2.37. The van der Waals surface area contributed by atoms with Gasteiger partial charge in [-0.1, -0.05) is 304 Å². The van der Waals surface area contributed by atoms with Gasteiger partial charge in [0, 0.05) is 44.3 Å². The molecule has 0 fully saturated rings. The van der Waals surface area contributed by atoms with Crippen LogP contribution in [0.15, 0.2) is 170 Å². The monoisotopic (exact) mass is 1200 g/mol. The average Bonchev–Trinajstić information content (AvgIpc) is 0.818. The summed E-state index contributed by atoms with van der Waals surface area (Å²) >= 11 is 0. The summed E-state index contributed by atoms with van der Waals surface area (Å²) in [6.07, 6.45) is 0. The molecular formula is C80H104N2Si4. The lowest BCUT2D eigenvalue weighted by molar-refractivity contribution is 0.568. The molecule has 6 heteroatoms. The molecule has 0 bridgehead atoms. The summed E-state index contributed by atoms with van der Waals surface area (Å²) in [7, 11) is -4.47. The molecule has 0 radical (unpaired) electrons. The normalized spacial score (nSPS) is 12.7. The predicted molar refractivity (Wildman–Crippen MR) is 398 cm³/mol. The molecule has 0 unspecified atom stereocenters. The van der Waals surface area contributed by atoms with E-state index < -0.39 is 35.9 Å². The fraction of sp³-hybridized carbons (Fsp3) is 0.375. The van der Waals surface area contributed by atoms with Crippen molar-refractivity contribution in [3.8, 4) is 22.3 Å². The zero-order valence-corrected chi connectivity index (χ0v) is 61.3. The molecule has 0 saturated carbocycles. The van der Waals surface area contributed by atoms with Crippen molar-refractivity contribution in [1.29, 1.82) is 0 Å². The Morgan fingerprint density at radius 2 is 0.616 bits per heavy atom. The third kappa shape index (κ3) is 13.8. The van der Waals surface area contributed by atoms with Gasteiger partial charge in [-0.3, -0.25) is 0 Å². The summed E-state index contributed by atoms with van der Waals surface area (Å²) in [6, 6.07) is 77.5. The van der Waals surface area contributed by atoms with Crippen molar-refractivity contribution < 1.29 is 0 Å². The van der Waals surface area contributed by atoms with Gasteiger partial charge in [0.05, 0.1) is 47.3 Å². The standard InChI is InChI=1S/C80H104N2Si4/c1-20-83-67-49-65(50-68(53-67)84(21-2)22-3)81(63-45-59(77(8,9)10)43-60(46-63)78(11,12)13)75-71-39-37-58(56-35-31-28-32-36-56)42-74(71)76(72-40-38-57(41-73(72)75)55-33-29-27-30-34-55)82(64-47-61(79(14,15)16)44-62(48-64)80(17,18)19)66-51-69(85(23-4)24-5)54-70(52-66)86(25-6)26-7/h27-54,84-86H,20-26,83H2,1-19H3. The van der Waals surface area contributed by atoms with Crippen LogP contribution in [0.4, 0.5) is 34.1 Å². The van der Waals surface area contributed by atoms with E-state index in [1.165, 1.54) is 142 Å². The molecule has 0 aromatic heterocycles. The van der Waals surface area contributed by atoms with E-state index in [1.807, 2.05) is 0 Å². The first kappa shape index (κ1) is 64.4. The molecule has 0 aliphatic rings. The number of nitrogens with zero attached hydrogens (tertiary/aromatic N) is 2. The van der Waals surface area contributed by atoms with Crippen LogP contribution in [-0.2, 0) is 21.7 Å². The van der Waals surface area contributed by atoms with E-state index >= 15 is 0 Å². The van der Waals surface area contributed by atoms with Crippen LogP contribution in [0.2, 0.25) is 42.3 Å². The second-order valence-electron chi connectivity index (χ2n) is 29.2. The zero-order chi connectivity index (χ0) is 62.0. The van der Waals surface area contributed by atoms with Gasteiger partial charge in [0.2, 0.25) is 0 Å². The van der Waals surface area contributed by atoms with E-state index in [2.05, 4.69) is 311 Å². The smallest absolute Gasteiger partial charge is 0.0703 e. The van der Waals surface area contributed by atoms with Crippen molar-refractivity contribution in [2.75, 3.05) is 9.80 Å². The number of benzene rings is 9. The van der Waals surface area contributed by atoms with Gasteiger partial charge in [-0.25, -0.2) is 0 Å². The van der Waals surface area contributed by atoms with Gasteiger partial charge in [-0.2, -0.15) is 0 Å². The molecule has 450 valence electrons. The van der Waals surface area contributed by atoms with Gasteiger partial charge < -0.3 is 9.80 Å². The lowest BCUT2D eigenvalue weighted by atomic mass is 9.80. The van der Waals surface area contributed by atoms with E-state index in [1.54, 1.807) is 20.7 Å². The van der Waals surface area contributed by atoms with Gasteiger partial charge in [-0.15, -0.1) is 0 Å². The molecule has 9 aromatic rings. The molecule has 0 aliphatic carbocycles.